The van der Waals surface area contributed by atoms with E-state index in [1.54, 1.807) is 0 Å². The van der Waals surface area contributed by atoms with E-state index in [0.717, 1.165) is 31.3 Å². The maximum Gasteiger partial charge on any atom is 0.178 e. The second-order valence-electron chi connectivity index (χ2n) is 8.84. The summed E-state index contributed by atoms with van der Waals surface area (Å²) in [5.41, 5.74) is 9.15. The maximum atomic E-state index is 12.0. The average molecular weight is 327 g/mol. The predicted octanol–water partition coefficient (Wildman–Crippen LogP) is 3.50. The number of hydrogen-bond donors (Lipinski definition) is 2. The number of carbonyl (C=O) groups excluding carboxylic acids is 1. The van der Waals surface area contributed by atoms with Crippen molar-refractivity contribution in [3.05, 3.63) is 35.1 Å². The third kappa shape index (κ3) is 1.91. The zero-order valence-corrected chi connectivity index (χ0v) is 15.0. The van der Waals surface area contributed by atoms with Crippen molar-refractivity contribution >= 4 is 5.78 Å². The fourth-order valence-electron chi connectivity index (χ4n) is 6.43. The topological polar surface area (TPSA) is 63.3 Å². The first-order valence-corrected chi connectivity index (χ1v) is 9.39. The van der Waals surface area contributed by atoms with Crippen molar-refractivity contribution in [1.82, 2.24) is 0 Å². The minimum absolute atomic E-state index is 0.0341. The molecule has 4 rings (SSSR count). The van der Waals surface area contributed by atoms with Crippen LogP contribution >= 0.6 is 0 Å². The number of fused-ring (bicyclic) bond motifs is 5. The highest BCUT2D eigenvalue weighted by Crippen LogP contribution is 2.64. The van der Waals surface area contributed by atoms with Crippen LogP contribution in [0.5, 0.6) is 0 Å². The van der Waals surface area contributed by atoms with Gasteiger partial charge in [-0.05, 0) is 72.3 Å². The van der Waals surface area contributed by atoms with Crippen LogP contribution in [0.2, 0.25) is 0 Å². The molecule has 0 unspecified atom stereocenters. The quantitative estimate of drug-likeness (QED) is 0.725. The Hall–Kier alpha value is -1.35. The zero-order valence-electron chi connectivity index (χ0n) is 15.0. The summed E-state index contributed by atoms with van der Waals surface area (Å²) in [6, 6.07) is 0. The Morgan fingerprint density at radius 3 is 2.71 bits per heavy atom. The molecule has 4 aliphatic carbocycles. The maximum absolute atomic E-state index is 12.0. The molecule has 1 fully saturated rings. The second-order valence-corrected chi connectivity index (χ2v) is 8.84. The van der Waals surface area contributed by atoms with Crippen molar-refractivity contribution < 1.29 is 9.90 Å². The van der Waals surface area contributed by atoms with E-state index >= 15 is 0 Å². The molecule has 0 spiro atoms. The summed E-state index contributed by atoms with van der Waals surface area (Å²) in [6.07, 6.45) is 11.3. The van der Waals surface area contributed by atoms with Crippen LogP contribution < -0.4 is 5.73 Å². The molecule has 3 N–H and O–H groups in total. The van der Waals surface area contributed by atoms with Gasteiger partial charge in [0.1, 0.15) is 0 Å². The predicted molar refractivity (Wildman–Crippen MR) is 94.9 cm³/mol. The summed E-state index contributed by atoms with van der Waals surface area (Å²) in [5, 5.41) is 10.2. The van der Waals surface area contributed by atoms with Crippen molar-refractivity contribution in [3.63, 3.8) is 0 Å². The van der Waals surface area contributed by atoms with Gasteiger partial charge >= 0.3 is 0 Å². The molecule has 4 aliphatic rings. The summed E-state index contributed by atoms with van der Waals surface area (Å²) < 4.78 is 0. The van der Waals surface area contributed by atoms with Crippen LogP contribution in [0.15, 0.2) is 35.1 Å². The lowest BCUT2D eigenvalue weighted by Gasteiger charge is -2.56. The fraction of sp³-hybridized carbons (Fsp3) is 0.667. The largest absolute Gasteiger partial charge is 0.396 e. The second kappa shape index (κ2) is 5.08. The van der Waals surface area contributed by atoms with Crippen LogP contribution in [0.25, 0.3) is 0 Å². The molecular formula is C21H29NO2. The average Bonchev–Trinajstić information content (AvgIpc) is 2.89. The number of hydrogen-bond acceptors (Lipinski definition) is 3. The molecule has 1 saturated carbocycles. The fourth-order valence-corrected chi connectivity index (χ4v) is 6.43. The van der Waals surface area contributed by atoms with E-state index in [1.807, 2.05) is 6.92 Å². The van der Waals surface area contributed by atoms with E-state index in [9.17, 15) is 9.90 Å². The summed E-state index contributed by atoms with van der Waals surface area (Å²) in [6.45, 7) is 6.57. The molecule has 3 heteroatoms. The lowest BCUT2D eigenvalue weighted by molar-refractivity contribution is -0.117. The smallest absolute Gasteiger partial charge is 0.178 e. The molecule has 0 radical (unpaired) electrons. The molecule has 0 aromatic carbocycles. The van der Waals surface area contributed by atoms with Crippen molar-refractivity contribution in [2.45, 2.75) is 59.0 Å². The number of nitrogens with two attached hydrogens (primary N) is 1. The summed E-state index contributed by atoms with van der Waals surface area (Å²) >= 11 is 0. The molecule has 0 aromatic heterocycles. The molecule has 0 bridgehead atoms. The standard InChI is InChI=1S/C21H29NO2/c1-12(23)14-6-7-15-13-4-5-17-19(22)18(24)9-11-21(17,3)16(13)8-10-20(14,15)2/h4-6,12-13,15-16,23H,7-11,22H2,1-3H3/t12-,13+,15+,16+,20-,21-/m1/s1. The van der Waals surface area contributed by atoms with Gasteiger partial charge in [0.05, 0.1) is 11.8 Å². The van der Waals surface area contributed by atoms with E-state index < -0.39 is 0 Å². The van der Waals surface area contributed by atoms with Crippen molar-refractivity contribution in [1.29, 1.82) is 0 Å². The highest BCUT2D eigenvalue weighted by atomic mass is 16.3. The highest BCUT2D eigenvalue weighted by molar-refractivity contribution is 5.97. The first kappa shape index (κ1) is 16.1. The minimum atomic E-state index is -0.349. The molecule has 0 amide bonds. The molecule has 0 heterocycles. The Bertz CT molecular complexity index is 686. The van der Waals surface area contributed by atoms with Crippen molar-refractivity contribution in [2.24, 2.45) is 34.3 Å². The van der Waals surface area contributed by atoms with Gasteiger partial charge in [-0.2, -0.15) is 0 Å². The third-order valence-corrected chi connectivity index (χ3v) is 7.80. The van der Waals surface area contributed by atoms with Gasteiger partial charge in [0.15, 0.2) is 5.78 Å². The van der Waals surface area contributed by atoms with E-state index in [0.29, 0.717) is 29.9 Å². The first-order chi connectivity index (χ1) is 11.3. The number of rotatable bonds is 1. The van der Waals surface area contributed by atoms with E-state index in [2.05, 4.69) is 32.1 Å². The van der Waals surface area contributed by atoms with Crippen LogP contribution in [0, 0.1) is 28.6 Å². The van der Waals surface area contributed by atoms with E-state index in [-0.39, 0.29) is 22.7 Å². The van der Waals surface area contributed by atoms with Gasteiger partial charge in [-0.25, -0.2) is 0 Å². The molecular weight excluding hydrogens is 298 g/mol. The molecule has 130 valence electrons. The monoisotopic (exact) mass is 327 g/mol. The summed E-state index contributed by atoms with van der Waals surface area (Å²) in [7, 11) is 0. The zero-order chi connectivity index (χ0) is 17.3. The number of Topliss-reactive ketones (excluding diaryl/α,β-unsaturated/α-hetero) is 1. The van der Waals surface area contributed by atoms with Crippen molar-refractivity contribution in [2.75, 3.05) is 0 Å². The van der Waals surface area contributed by atoms with Gasteiger partial charge in [0.25, 0.3) is 0 Å². The molecule has 0 saturated heterocycles. The highest BCUT2D eigenvalue weighted by Gasteiger charge is 2.56. The van der Waals surface area contributed by atoms with Gasteiger partial charge in [-0.1, -0.05) is 32.1 Å². The molecule has 0 aromatic rings. The van der Waals surface area contributed by atoms with Crippen molar-refractivity contribution in [3.8, 4) is 0 Å². The SMILES string of the molecule is C[C@@H](O)C1=CC[C@H]2[C@@H]3C=CC4=C(N)C(=O)CC[C@]4(C)[C@H]3CC[C@]12C. The Morgan fingerprint density at radius 2 is 2.00 bits per heavy atom. The number of carbonyl (C=O) groups is 1. The number of aliphatic hydroxyl groups is 1. The van der Waals surface area contributed by atoms with E-state index in [1.165, 1.54) is 5.57 Å². The molecule has 3 nitrogen and oxygen atoms in total. The third-order valence-electron chi connectivity index (χ3n) is 7.80. The number of aliphatic hydroxyl groups excluding tert-OH is 1. The normalized spacial score (nSPS) is 45.4. The Morgan fingerprint density at radius 1 is 1.25 bits per heavy atom. The van der Waals surface area contributed by atoms with Gasteiger partial charge in [-0.15, -0.1) is 0 Å². The first-order valence-electron chi connectivity index (χ1n) is 9.39. The number of allylic oxidation sites excluding steroid dienone is 5. The lowest BCUT2D eigenvalue weighted by Crippen LogP contribution is -2.50. The summed E-state index contributed by atoms with van der Waals surface area (Å²) in [5.74, 6) is 1.76. The van der Waals surface area contributed by atoms with Gasteiger partial charge < -0.3 is 10.8 Å². The molecule has 0 aliphatic heterocycles. The summed E-state index contributed by atoms with van der Waals surface area (Å²) in [4.78, 5) is 12.0. The minimum Gasteiger partial charge on any atom is -0.396 e. The van der Waals surface area contributed by atoms with Gasteiger partial charge in [0, 0.05) is 6.42 Å². The van der Waals surface area contributed by atoms with Crippen LogP contribution in [-0.2, 0) is 4.79 Å². The lowest BCUT2D eigenvalue weighted by atomic mass is 9.48. The molecule has 24 heavy (non-hydrogen) atoms. The van der Waals surface area contributed by atoms with Crippen LogP contribution in [0.4, 0.5) is 0 Å². The number of ketones is 1. The Balaban J connectivity index is 1.75. The van der Waals surface area contributed by atoms with Gasteiger partial charge in [0.2, 0.25) is 0 Å². The Labute approximate surface area is 144 Å². The van der Waals surface area contributed by atoms with Gasteiger partial charge in [-0.3, -0.25) is 4.79 Å². The Kier molecular flexibility index (Phi) is 3.41. The van der Waals surface area contributed by atoms with Crippen LogP contribution in [0.1, 0.15) is 52.9 Å². The van der Waals surface area contributed by atoms with Crippen LogP contribution in [0.3, 0.4) is 0 Å². The van der Waals surface area contributed by atoms with E-state index in [4.69, 9.17) is 5.73 Å². The van der Waals surface area contributed by atoms with Crippen LogP contribution in [-0.4, -0.2) is 17.0 Å². The molecule has 6 atom stereocenters.